The molecule has 0 unspecified atom stereocenters. The number of carbonyl (C=O) groups is 1. The van der Waals surface area contributed by atoms with E-state index in [4.69, 9.17) is 16.6 Å². The molecule has 0 radical (unpaired) electrons. The normalized spacial score (nSPS) is 9.92. The van der Waals surface area contributed by atoms with Crippen LogP contribution in [0.4, 0.5) is 15.8 Å². The molecule has 0 heterocycles. The number of nitrogens with two attached hydrogens (primary N) is 2. The van der Waals surface area contributed by atoms with Crippen LogP contribution in [0.25, 0.3) is 0 Å². The van der Waals surface area contributed by atoms with Gasteiger partial charge < -0.3 is 16.6 Å². The maximum absolute atomic E-state index is 12.6. The van der Waals surface area contributed by atoms with Crippen molar-refractivity contribution in [1.29, 1.82) is 0 Å². The molecule has 0 aliphatic heterocycles. The van der Waals surface area contributed by atoms with Gasteiger partial charge >= 0.3 is 5.97 Å². The van der Waals surface area contributed by atoms with Crippen LogP contribution in [0.15, 0.2) is 12.1 Å². The van der Waals surface area contributed by atoms with Crippen molar-refractivity contribution in [3.05, 3.63) is 23.5 Å². The molecule has 0 saturated heterocycles. The first kappa shape index (κ1) is 9.31. The van der Waals surface area contributed by atoms with Gasteiger partial charge in [-0.1, -0.05) is 0 Å². The van der Waals surface area contributed by atoms with E-state index >= 15 is 0 Å². The summed E-state index contributed by atoms with van der Waals surface area (Å²) in [7, 11) is 0. The van der Waals surface area contributed by atoms with Crippen molar-refractivity contribution >= 4 is 17.3 Å². The quantitative estimate of drug-likeness (QED) is 0.587. The zero-order valence-corrected chi connectivity index (χ0v) is 6.75. The van der Waals surface area contributed by atoms with Crippen molar-refractivity contribution in [2.45, 2.75) is 6.42 Å². The van der Waals surface area contributed by atoms with E-state index in [1.807, 2.05) is 0 Å². The summed E-state index contributed by atoms with van der Waals surface area (Å²) in [5, 5.41) is 8.48. The van der Waals surface area contributed by atoms with Gasteiger partial charge in [0.2, 0.25) is 0 Å². The Morgan fingerprint density at radius 2 is 1.85 bits per heavy atom. The Morgan fingerprint density at radius 1 is 1.38 bits per heavy atom. The molecule has 0 amide bonds. The molecule has 13 heavy (non-hydrogen) atoms. The summed E-state index contributed by atoms with van der Waals surface area (Å²) in [4.78, 5) is 10.4. The van der Waals surface area contributed by atoms with Crippen molar-refractivity contribution in [3.8, 4) is 0 Å². The Kier molecular flexibility index (Phi) is 2.36. The average Bonchev–Trinajstić information content (AvgIpc) is 1.96. The van der Waals surface area contributed by atoms with Gasteiger partial charge in [-0.15, -0.1) is 0 Å². The van der Waals surface area contributed by atoms with Crippen LogP contribution in [0.3, 0.4) is 0 Å². The van der Waals surface area contributed by atoms with Crippen molar-refractivity contribution < 1.29 is 14.3 Å². The molecule has 1 aromatic rings. The third-order valence-corrected chi connectivity index (χ3v) is 1.61. The molecule has 0 atom stereocenters. The Morgan fingerprint density at radius 3 is 2.23 bits per heavy atom. The first-order valence-corrected chi connectivity index (χ1v) is 3.56. The molecule has 0 spiro atoms. The number of halogens is 1. The Labute approximate surface area is 74.0 Å². The van der Waals surface area contributed by atoms with E-state index in [2.05, 4.69) is 0 Å². The van der Waals surface area contributed by atoms with Gasteiger partial charge in [0.15, 0.2) is 0 Å². The number of rotatable bonds is 2. The molecule has 0 saturated carbocycles. The second kappa shape index (κ2) is 3.30. The number of aliphatic carboxylic acids is 1. The van der Waals surface area contributed by atoms with Gasteiger partial charge in [-0.05, 0) is 12.1 Å². The summed E-state index contributed by atoms with van der Waals surface area (Å²) in [6.45, 7) is 0. The summed E-state index contributed by atoms with van der Waals surface area (Å²) >= 11 is 0. The molecule has 0 aliphatic carbocycles. The molecule has 0 aliphatic rings. The molecular formula is C8H9FN2O2. The number of anilines is 2. The molecule has 1 aromatic carbocycles. The molecule has 0 bridgehead atoms. The van der Waals surface area contributed by atoms with Gasteiger partial charge in [0.25, 0.3) is 0 Å². The first-order valence-electron chi connectivity index (χ1n) is 3.56. The molecule has 0 aromatic heterocycles. The van der Waals surface area contributed by atoms with Crippen LogP contribution in [0.1, 0.15) is 5.56 Å². The SMILES string of the molecule is Nc1cc(F)cc(N)c1CC(=O)O. The van der Waals surface area contributed by atoms with Crippen molar-refractivity contribution in [3.63, 3.8) is 0 Å². The lowest BCUT2D eigenvalue weighted by atomic mass is 10.1. The zero-order chi connectivity index (χ0) is 10.0. The topological polar surface area (TPSA) is 89.3 Å². The molecule has 4 nitrogen and oxygen atoms in total. The smallest absolute Gasteiger partial charge is 0.307 e. The number of carboxylic acids is 1. The predicted molar refractivity (Wildman–Crippen MR) is 46.6 cm³/mol. The van der Waals surface area contributed by atoms with Crippen molar-refractivity contribution in [2.24, 2.45) is 0 Å². The number of nitrogen functional groups attached to an aromatic ring is 2. The minimum atomic E-state index is -1.05. The second-order valence-corrected chi connectivity index (χ2v) is 2.63. The zero-order valence-electron chi connectivity index (χ0n) is 6.75. The summed E-state index contributed by atoms with van der Waals surface area (Å²) < 4.78 is 12.6. The molecular weight excluding hydrogens is 175 g/mol. The van der Waals surface area contributed by atoms with E-state index < -0.39 is 11.8 Å². The highest BCUT2D eigenvalue weighted by atomic mass is 19.1. The highest BCUT2D eigenvalue weighted by molar-refractivity contribution is 5.76. The Balaban J connectivity index is 3.13. The fourth-order valence-electron chi connectivity index (χ4n) is 1.04. The van der Waals surface area contributed by atoms with Crippen LogP contribution in [-0.2, 0) is 11.2 Å². The van der Waals surface area contributed by atoms with Crippen molar-refractivity contribution in [2.75, 3.05) is 11.5 Å². The monoisotopic (exact) mass is 184 g/mol. The lowest BCUT2D eigenvalue weighted by Crippen LogP contribution is -2.07. The highest BCUT2D eigenvalue weighted by Gasteiger charge is 2.09. The fraction of sp³-hybridized carbons (Fsp3) is 0.125. The van der Waals surface area contributed by atoms with Gasteiger partial charge in [0.05, 0.1) is 6.42 Å². The number of benzene rings is 1. The maximum Gasteiger partial charge on any atom is 0.307 e. The molecule has 70 valence electrons. The predicted octanol–water partition coefficient (Wildman–Crippen LogP) is 0.617. The van der Waals surface area contributed by atoms with Crippen LogP contribution in [-0.4, -0.2) is 11.1 Å². The summed E-state index contributed by atoms with van der Waals surface area (Å²) in [6, 6.07) is 2.10. The van der Waals surface area contributed by atoms with Gasteiger partial charge in [0, 0.05) is 16.9 Å². The maximum atomic E-state index is 12.6. The van der Waals surface area contributed by atoms with E-state index in [0.717, 1.165) is 12.1 Å². The summed E-state index contributed by atoms with van der Waals surface area (Å²) in [5.74, 6) is -1.62. The summed E-state index contributed by atoms with van der Waals surface area (Å²) in [5.41, 5.74) is 11.2. The first-order chi connectivity index (χ1) is 6.00. The third kappa shape index (κ3) is 2.08. The minimum absolute atomic E-state index is 0.0694. The average molecular weight is 184 g/mol. The number of carboxylic acid groups (broad SMARTS) is 1. The van der Waals surface area contributed by atoms with E-state index in [0.29, 0.717) is 0 Å². The van der Waals surface area contributed by atoms with Gasteiger partial charge in [-0.25, -0.2) is 4.39 Å². The standard InChI is InChI=1S/C8H9FN2O2/c9-4-1-6(10)5(3-8(12)13)7(11)2-4/h1-2H,3,10-11H2,(H,12,13). The third-order valence-electron chi connectivity index (χ3n) is 1.61. The number of hydrogen-bond acceptors (Lipinski definition) is 3. The van der Waals surface area contributed by atoms with E-state index in [1.165, 1.54) is 0 Å². The van der Waals surface area contributed by atoms with Gasteiger partial charge in [-0.3, -0.25) is 4.79 Å². The Bertz CT molecular complexity index is 329. The van der Waals surface area contributed by atoms with Crippen LogP contribution in [0, 0.1) is 5.82 Å². The van der Waals surface area contributed by atoms with Crippen molar-refractivity contribution in [1.82, 2.24) is 0 Å². The van der Waals surface area contributed by atoms with Gasteiger partial charge in [0.1, 0.15) is 5.82 Å². The van der Waals surface area contributed by atoms with Crippen LogP contribution in [0.2, 0.25) is 0 Å². The lowest BCUT2D eigenvalue weighted by molar-refractivity contribution is -0.136. The van der Waals surface area contributed by atoms with E-state index in [1.54, 1.807) is 0 Å². The highest BCUT2D eigenvalue weighted by Crippen LogP contribution is 2.21. The largest absolute Gasteiger partial charge is 0.481 e. The van der Waals surface area contributed by atoms with Crippen LogP contribution in [0.5, 0.6) is 0 Å². The van der Waals surface area contributed by atoms with E-state index in [9.17, 15) is 9.18 Å². The molecule has 5 N–H and O–H groups in total. The Hall–Kier alpha value is -1.78. The van der Waals surface area contributed by atoms with Crippen LogP contribution >= 0.6 is 0 Å². The second-order valence-electron chi connectivity index (χ2n) is 2.63. The number of hydrogen-bond donors (Lipinski definition) is 3. The fourth-order valence-corrected chi connectivity index (χ4v) is 1.04. The summed E-state index contributed by atoms with van der Waals surface area (Å²) in [6.07, 6.45) is -0.294. The molecule has 5 heteroatoms. The lowest BCUT2D eigenvalue weighted by Gasteiger charge is -2.06. The minimum Gasteiger partial charge on any atom is -0.481 e. The van der Waals surface area contributed by atoms with Gasteiger partial charge in [-0.2, -0.15) is 0 Å². The molecule has 1 rings (SSSR count). The van der Waals surface area contributed by atoms with Crippen LogP contribution < -0.4 is 11.5 Å². The van der Waals surface area contributed by atoms with E-state index in [-0.39, 0.29) is 23.4 Å². The molecule has 0 fully saturated rings.